The van der Waals surface area contributed by atoms with E-state index in [-0.39, 0.29) is 0 Å². The topological polar surface area (TPSA) is 48.5 Å². The average molecular weight is 652 g/mol. The summed E-state index contributed by atoms with van der Waals surface area (Å²) in [6, 6.07) is 54.2. The van der Waals surface area contributed by atoms with Crippen molar-refractivity contribution in [3.8, 4) is 45.3 Å². The molecule has 0 radical (unpaired) electrons. The van der Waals surface area contributed by atoms with Gasteiger partial charge in [0.25, 0.3) is 0 Å². The van der Waals surface area contributed by atoms with Gasteiger partial charge in [0.05, 0.1) is 27.8 Å². The van der Waals surface area contributed by atoms with Crippen LogP contribution in [0.25, 0.3) is 88.9 Å². The minimum absolute atomic E-state index is 0.695. The highest BCUT2D eigenvalue weighted by Gasteiger charge is 2.21. The summed E-state index contributed by atoms with van der Waals surface area (Å²) in [4.78, 5) is 14.7. The third kappa shape index (κ3) is 4.25. The van der Waals surface area contributed by atoms with E-state index in [2.05, 4.69) is 161 Å². The zero-order valence-corrected chi connectivity index (χ0v) is 27.5. The lowest BCUT2D eigenvalue weighted by Gasteiger charge is -2.09. The van der Waals surface area contributed by atoms with E-state index in [0.717, 1.165) is 40.2 Å². The summed E-state index contributed by atoms with van der Waals surface area (Å²) in [6.07, 6.45) is 4.74. The number of hydrogen-bond donors (Lipinski definition) is 0. The van der Waals surface area contributed by atoms with Gasteiger partial charge in [0.2, 0.25) is 0 Å². The molecule has 0 atom stereocenters. The van der Waals surface area contributed by atoms with Crippen LogP contribution in [0.3, 0.4) is 0 Å². The molecule has 0 bridgehead atoms. The van der Waals surface area contributed by atoms with Crippen molar-refractivity contribution >= 4 is 43.6 Å². The van der Waals surface area contributed by atoms with Gasteiger partial charge in [0.1, 0.15) is 5.82 Å². The third-order valence-corrected chi connectivity index (χ3v) is 10.4. The Morgan fingerprint density at radius 1 is 0.431 bits per heavy atom. The summed E-state index contributed by atoms with van der Waals surface area (Å²) in [5.74, 6) is 1.56. The lowest BCUT2D eigenvalue weighted by atomic mass is 10.0. The van der Waals surface area contributed by atoms with Gasteiger partial charge in [0, 0.05) is 62.7 Å². The van der Waals surface area contributed by atoms with E-state index in [1.54, 1.807) is 0 Å². The zero-order valence-electron chi connectivity index (χ0n) is 27.5. The fraction of sp³-hybridized carbons (Fsp3) is 0.0217. The maximum Gasteiger partial charge on any atom is 0.161 e. The minimum atomic E-state index is 0.695. The van der Waals surface area contributed by atoms with Crippen molar-refractivity contribution in [1.29, 1.82) is 0 Å². The molecule has 4 heterocycles. The molecule has 11 rings (SSSR count). The molecule has 0 N–H and O–H groups in total. The molecular formula is C46H29N5. The second-order valence-electron chi connectivity index (χ2n) is 13.3. The van der Waals surface area contributed by atoms with E-state index < -0.39 is 0 Å². The van der Waals surface area contributed by atoms with E-state index in [9.17, 15) is 0 Å². The van der Waals surface area contributed by atoms with E-state index in [1.165, 1.54) is 60.4 Å². The molecule has 0 unspecified atom stereocenters. The first-order valence-electron chi connectivity index (χ1n) is 17.3. The second-order valence-corrected chi connectivity index (χ2v) is 13.3. The zero-order chi connectivity index (χ0) is 33.5. The Morgan fingerprint density at radius 3 is 1.76 bits per heavy atom. The van der Waals surface area contributed by atoms with Gasteiger partial charge in [-0.2, -0.15) is 0 Å². The van der Waals surface area contributed by atoms with E-state index in [4.69, 9.17) is 15.0 Å². The predicted molar refractivity (Wildman–Crippen MR) is 208 cm³/mol. The Kier molecular flexibility index (Phi) is 5.95. The highest BCUT2D eigenvalue weighted by molar-refractivity contribution is 6.12. The number of para-hydroxylation sites is 3. The molecule has 238 valence electrons. The fourth-order valence-electron chi connectivity index (χ4n) is 8.08. The van der Waals surface area contributed by atoms with Gasteiger partial charge in [-0.1, -0.05) is 91.0 Å². The molecule has 0 aliphatic heterocycles. The first-order chi connectivity index (χ1) is 25.3. The molecule has 10 aromatic rings. The number of nitrogens with zero attached hydrogens (tertiary/aromatic N) is 5. The monoisotopic (exact) mass is 651 g/mol. The third-order valence-electron chi connectivity index (χ3n) is 10.4. The van der Waals surface area contributed by atoms with Crippen LogP contribution in [0, 0.1) is 0 Å². The molecule has 0 fully saturated rings. The van der Waals surface area contributed by atoms with Crippen molar-refractivity contribution in [2.45, 2.75) is 6.42 Å². The Labute approximate surface area is 293 Å². The summed E-state index contributed by atoms with van der Waals surface area (Å²) in [6.45, 7) is 0. The molecule has 1 aliphatic rings. The van der Waals surface area contributed by atoms with Gasteiger partial charge in [-0.05, 0) is 77.4 Å². The summed E-state index contributed by atoms with van der Waals surface area (Å²) in [7, 11) is 0. The van der Waals surface area contributed by atoms with Crippen molar-refractivity contribution in [1.82, 2.24) is 24.1 Å². The molecule has 6 aromatic carbocycles. The molecule has 0 spiro atoms. The van der Waals surface area contributed by atoms with Crippen LogP contribution in [0.5, 0.6) is 0 Å². The van der Waals surface area contributed by atoms with Crippen LogP contribution in [-0.2, 0) is 6.42 Å². The number of fused-ring (bicyclic) bond motifs is 9. The lowest BCUT2D eigenvalue weighted by Crippen LogP contribution is -1.99. The Balaban J connectivity index is 1.01. The summed E-state index contributed by atoms with van der Waals surface area (Å²) < 4.78 is 4.62. The number of rotatable bonds is 4. The number of aromatic nitrogens is 5. The SMILES string of the molecule is c1ccc(-n2c3ccccc3c3cc(-c4ccc5c(c4)c4ccccc4n5-c4ccc(-c5ncc6c(n5)-c5ccccc5C6)cn4)ccc32)cc1. The number of pyridine rings is 1. The van der Waals surface area contributed by atoms with Crippen molar-refractivity contribution in [2.75, 3.05) is 0 Å². The summed E-state index contributed by atoms with van der Waals surface area (Å²) in [5.41, 5.74) is 13.8. The van der Waals surface area contributed by atoms with Crippen molar-refractivity contribution in [3.63, 3.8) is 0 Å². The van der Waals surface area contributed by atoms with Gasteiger partial charge in [-0.25, -0.2) is 15.0 Å². The highest BCUT2D eigenvalue weighted by atomic mass is 15.1. The largest absolute Gasteiger partial charge is 0.309 e. The summed E-state index contributed by atoms with van der Waals surface area (Å²) in [5, 5.41) is 4.89. The lowest BCUT2D eigenvalue weighted by molar-refractivity contribution is 1.07. The van der Waals surface area contributed by atoms with Crippen LogP contribution in [0.15, 0.2) is 164 Å². The van der Waals surface area contributed by atoms with Crippen molar-refractivity contribution in [3.05, 3.63) is 175 Å². The molecular weight excluding hydrogens is 623 g/mol. The van der Waals surface area contributed by atoms with Crippen LogP contribution >= 0.6 is 0 Å². The smallest absolute Gasteiger partial charge is 0.161 e. The average Bonchev–Trinajstić information content (AvgIpc) is 3.85. The van der Waals surface area contributed by atoms with Crippen LogP contribution in [0.2, 0.25) is 0 Å². The normalized spacial score (nSPS) is 12.2. The van der Waals surface area contributed by atoms with E-state index in [1.807, 2.05) is 12.4 Å². The highest BCUT2D eigenvalue weighted by Crippen LogP contribution is 2.39. The number of hydrogen-bond acceptors (Lipinski definition) is 3. The number of benzene rings is 6. The molecule has 5 heteroatoms. The molecule has 0 saturated heterocycles. The maximum absolute atomic E-state index is 4.99. The first-order valence-corrected chi connectivity index (χ1v) is 17.3. The Morgan fingerprint density at radius 2 is 1.04 bits per heavy atom. The molecule has 51 heavy (non-hydrogen) atoms. The van der Waals surface area contributed by atoms with Crippen molar-refractivity contribution < 1.29 is 0 Å². The molecule has 0 saturated carbocycles. The van der Waals surface area contributed by atoms with E-state index >= 15 is 0 Å². The summed E-state index contributed by atoms with van der Waals surface area (Å²) >= 11 is 0. The van der Waals surface area contributed by atoms with Gasteiger partial charge in [-0.15, -0.1) is 0 Å². The Hall–Kier alpha value is -6.85. The predicted octanol–water partition coefficient (Wildman–Crippen LogP) is 11.0. The van der Waals surface area contributed by atoms with Crippen molar-refractivity contribution in [2.24, 2.45) is 0 Å². The van der Waals surface area contributed by atoms with Crippen LogP contribution < -0.4 is 0 Å². The second kappa shape index (κ2) is 10.8. The standard InChI is InChI=1S/C46H29N5/c1-2-11-34(12-3-1)50-40-16-8-6-14-36(40)38-25-29(18-21-42(38)50)30-19-22-43-39(26-30)37-15-7-9-17-41(37)51(43)44-23-20-32(27-47-44)46-48-28-33-24-31-10-4-5-13-35(31)45(33)49-46/h1-23,25-28H,24H2. The van der Waals surface area contributed by atoms with Crippen LogP contribution in [0.4, 0.5) is 0 Å². The van der Waals surface area contributed by atoms with Crippen LogP contribution in [-0.4, -0.2) is 24.1 Å². The maximum atomic E-state index is 4.99. The first kappa shape index (κ1) is 28.0. The minimum Gasteiger partial charge on any atom is -0.309 e. The molecule has 5 nitrogen and oxygen atoms in total. The van der Waals surface area contributed by atoms with Gasteiger partial charge >= 0.3 is 0 Å². The van der Waals surface area contributed by atoms with Gasteiger partial charge in [-0.3, -0.25) is 4.57 Å². The fourth-order valence-corrected chi connectivity index (χ4v) is 8.08. The van der Waals surface area contributed by atoms with Gasteiger partial charge < -0.3 is 4.57 Å². The molecule has 4 aromatic heterocycles. The quantitative estimate of drug-likeness (QED) is 0.190. The van der Waals surface area contributed by atoms with Gasteiger partial charge in [0.15, 0.2) is 5.82 Å². The van der Waals surface area contributed by atoms with E-state index in [0.29, 0.717) is 5.82 Å². The Bertz CT molecular complexity index is 2990. The molecule has 1 aliphatic carbocycles. The molecule has 0 amide bonds. The van der Waals surface area contributed by atoms with Crippen LogP contribution in [0.1, 0.15) is 11.1 Å².